The highest BCUT2D eigenvalue weighted by atomic mass is 35.5. The first-order valence-electron chi connectivity index (χ1n) is 8.01. The zero-order valence-electron chi connectivity index (χ0n) is 14.5. The lowest BCUT2D eigenvalue weighted by atomic mass is 9.99. The zero-order chi connectivity index (χ0) is 17.9. The van der Waals surface area contributed by atoms with Gasteiger partial charge in [0, 0.05) is 30.6 Å². The normalized spacial score (nSPS) is 17.6. The van der Waals surface area contributed by atoms with Gasteiger partial charge in [-0.3, -0.25) is 4.21 Å². The molecule has 1 fully saturated rings. The molecule has 0 saturated carbocycles. The third-order valence-corrected chi connectivity index (χ3v) is 5.51. The fourth-order valence-electron chi connectivity index (χ4n) is 2.41. The van der Waals surface area contributed by atoms with E-state index in [1.165, 1.54) is 0 Å². The Morgan fingerprint density at radius 1 is 1.42 bits per heavy atom. The van der Waals surface area contributed by atoms with Crippen LogP contribution < -0.4 is 0 Å². The van der Waals surface area contributed by atoms with Crippen molar-refractivity contribution in [3.63, 3.8) is 0 Å². The second-order valence-electron chi connectivity index (χ2n) is 7.05. The van der Waals surface area contributed by atoms with Crippen molar-refractivity contribution in [3.05, 3.63) is 16.9 Å². The smallest absolute Gasteiger partial charge is 0.410 e. The molecule has 134 valence electrons. The average molecular weight is 374 g/mol. The van der Waals surface area contributed by atoms with Crippen molar-refractivity contribution < 1.29 is 13.7 Å². The van der Waals surface area contributed by atoms with Gasteiger partial charge in [0.1, 0.15) is 10.8 Å². The van der Waals surface area contributed by atoms with Crippen molar-refractivity contribution in [2.45, 2.75) is 51.3 Å². The Morgan fingerprint density at radius 3 is 2.58 bits per heavy atom. The Kier molecular flexibility index (Phi) is 6.20. The number of aromatic nitrogens is 2. The van der Waals surface area contributed by atoms with Gasteiger partial charge in [0.2, 0.25) is 5.16 Å². The second kappa shape index (κ2) is 7.78. The molecule has 1 amide bonds. The highest BCUT2D eigenvalue weighted by Gasteiger charge is 2.28. The van der Waals surface area contributed by atoms with Crippen LogP contribution in [0.25, 0.3) is 0 Å². The van der Waals surface area contributed by atoms with Gasteiger partial charge in [-0.1, -0.05) is 11.6 Å². The number of likely N-dealkylation sites (tertiary alicyclic amines) is 1. The molecule has 0 spiro atoms. The van der Waals surface area contributed by atoms with Crippen molar-refractivity contribution in [1.29, 1.82) is 0 Å². The summed E-state index contributed by atoms with van der Waals surface area (Å²) in [5.41, 5.74) is 0.278. The van der Waals surface area contributed by atoms with E-state index in [2.05, 4.69) is 9.97 Å². The average Bonchev–Trinajstić information content (AvgIpc) is 2.49. The number of nitrogens with zero attached hydrogens (tertiary/aromatic N) is 3. The van der Waals surface area contributed by atoms with Crippen molar-refractivity contribution in [2.24, 2.45) is 5.92 Å². The van der Waals surface area contributed by atoms with Crippen LogP contribution in [0.2, 0.25) is 5.15 Å². The van der Waals surface area contributed by atoms with Crippen LogP contribution in [0.5, 0.6) is 0 Å². The van der Waals surface area contributed by atoms with Gasteiger partial charge in [0.05, 0.1) is 10.8 Å². The van der Waals surface area contributed by atoms with Crippen LogP contribution >= 0.6 is 11.6 Å². The van der Waals surface area contributed by atoms with Crippen LogP contribution in [0.15, 0.2) is 11.4 Å². The quantitative estimate of drug-likeness (QED) is 0.601. The van der Waals surface area contributed by atoms with Crippen LogP contribution in [-0.4, -0.2) is 49.6 Å². The molecule has 2 rings (SSSR count). The standard InChI is InChI=1S/C16H24ClN3O3S/c1-11-9-18-14(19-13(11)17)24(22)10-12-5-7-20(8-6-12)15(21)23-16(2,3)4/h9,12H,5-8,10H2,1-4H3/t24-/m0/s1. The van der Waals surface area contributed by atoms with Gasteiger partial charge < -0.3 is 9.64 Å². The summed E-state index contributed by atoms with van der Waals surface area (Å²) in [6.07, 6.45) is 2.90. The zero-order valence-corrected chi connectivity index (χ0v) is 16.1. The van der Waals surface area contributed by atoms with E-state index in [4.69, 9.17) is 16.3 Å². The molecule has 0 N–H and O–H groups in total. The van der Waals surface area contributed by atoms with Gasteiger partial charge in [0.25, 0.3) is 0 Å². The number of hydrogen-bond acceptors (Lipinski definition) is 5. The van der Waals surface area contributed by atoms with Crippen LogP contribution in [-0.2, 0) is 15.5 Å². The monoisotopic (exact) mass is 373 g/mol. The first-order chi connectivity index (χ1) is 11.2. The second-order valence-corrected chi connectivity index (χ2v) is 8.80. The molecule has 1 saturated heterocycles. The van der Waals surface area contributed by atoms with Gasteiger partial charge >= 0.3 is 6.09 Å². The lowest BCUT2D eigenvalue weighted by molar-refractivity contribution is 0.0191. The fourth-order valence-corrected chi connectivity index (χ4v) is 3.87. The molecule has 0 unspecified atom stereocenters. The lowest BCUT2D eigenvalue weighted by Crippen LogP contribution is -2.42. The van der Waals surface area contributed by atoms with Gasteiger partial charge in [0.15, 0.2) is 0 Å². The van der Waals surface area contributed by atoms with E-state index in [-0.39, 0.29) is 17.2 Å². The molecule has 6 nitrogen and oxygen atoms in total. The largest absolute Gasteiger partial charge is 0.444 e. The number of halogens is 1. The molecule has 8 heteroatoms. The first kappa shape index (κ1) is 19.1. The summed E-state index contributed by atoms with van der Waals surface area (Å²) in [7, 11) is -1.28. The minimum absolute atomic E-state index is 0.271. The van der Waals surface area contributed by atoms with E-state index in [0.717, 1.165) is 18.4 Å². The molecule has 0 aliphatic carbocycles. The molecule has 1 aliphatic heterocycles. The number of ether oxygens (including phenoxy) is 1. The summed E-state index contributed by atoms with van der Waals surface area (Å²) in [6, 6.07) is 0. The molecule has 0 bridgehead atoms. The Morgan fingerprint density at radius 2 is 2.04 bits per heavy atom. The SMILES string of the molecule is Cc1cnc([S@@](=O)CC2CCN(C(=O)OC(C)(C)C)CC2)nc1Cl. The Hall–Kier alpha value is -1.21. The number of hydrogen-bond donors (Lipinski definition) is 0. The van der Waals surface area contributed by atoms with Crippen molar-refractivity contribution in [1.82, 2.24) is 14.9 Å². The number of carbonyl (C=O) groups is 1. The van der Waals surface area contributed by atoms with Crippen molar-refractivity contribution in [3.8, 4) is 0 Å². The summed E-state index contributed by atoms with van der Waals surface area (Å²) in [5, 5.41) is 0.619. The van der Waals surface area contributed by atoms with E-state index in [1.807, 2.05) is 20.8 Å². The summed E-state index contributed by atoms with van der Waals surface area (Å²) in [5.74, 6) is 0.759. The molecule has 0 aromatic carbocycles. The minimum atomic E-state index is -1.28. The van der Waals surface area contributed by atoms with Gasteiger partial charge in [-0.05, 0) is 46.5 Å². The minimum Gasteiger partial charge on any atom is -0.444 e. The highest BCUT2D eigenvalue weighted by molar-refractivity contribution is 7.84. The molecular formula is C16H24ClN3O3S. The first-order valence-corrected chi connectivity index (χ1v) is 9.71. The number of aryl methyl sites for hydroxylation is 1. The summed E-state index contributed by atoms with van der Waals surface area (Å²) in [4.78, 5) is 22.0. The van der Waals surface area contributed by atoms with E-state index in [0.29, 0.717) is 24.0 Å². The summed E-state index contributed by atoms with van der Waals surface area (Å²) < 4.78 is 17.8. The molecule has 1 aromatic heterocycles. The molecule has 0 radical (unpaired) electrons. The summed E-state index contributed by atoms with van der Waals surface area (Å²) in [6.45, 7) is 8.61. The maximum atomic E-state index is 12.4. The highest BCUT2D eigenvalue weighted by Crippen LogP contribution is 2.22. The predicted octanol–water partition coefficient (Wildman–Crippen LogP) is 3.19. The Labute approximate surface area is 150 Å². The topological polar surface area (TPSA) is 72.4 Å². The fraction of sp³-hybridized carbons (Fsp3) is 0.688. The van der Waals surface area contributed by atoms with E-state index in [1.54, 1.807) is 18.0 Å². The molecule has 1 aromatic rings. The van der Waals surface area contributed by atoms with Gasteiger partial charge in [-0.25, -0.2) is 14.8 Å². The van der Waals surface area contributed by atoms with Gasteiger partial charge in [-0.15, -0.1) is 0 Å². The third kappa shape index (κ3) is 5.41. The molecule has 24 heavy (non-hydrogen) atoms. The van der Waals surface area contributed by atoms with Crippen molar-refractivity contribution in [2.75, 3.05) is 18.8 Å². The maximum absolute atomic E-state index is 12.4. The van der Waals surface area contributed by atoms with Crippen LogP contribution in [0.3, 0.4) is 0 Å². The predicted molar refractivity (Wildman–Crippen MR) is 93.6 cm³/mol. The molecule has 1 aliphatic rings. The van der Waals surface area contributed by atoms with Crippen molar-refractivity contribution >= 4 is 28.5 Å². The van der Waals surface area contributed by atoms with E-state index < -0.39 is 16.4 Å². The maximum Gasteiger partial charge on any atom is 0.410 e. The number of piperidine rings is 1. The van der Waals surface area contributed by atoms with Gasteiger partial charge in [-0.2, -0.15) is 0 Å². The molecule has 2 heterocycles. The van der Waals surface area contributed by atoms with E-state index in [9.17, 15) is 9.00 Å². The third-order valence-electron chi connectivity index (χ3n) is 3.74. The molecule has 1 atom stereocenters. The number of rotatable bonds is 3. The number of carbonyl (C=O) groups excluding carboxylic acids is 1. The lowest BCUT2D eigenvalue weighted by Gasteiger charge is -2.33. The Bertz CT molecular complexity index is 625. The summed E-state index contributed by atoms with van der Waals surface area (Å²) >= 11 is 5.96. The van der Waals surface area contributed by atoms with Crippen LogP contribution in [0.1, 0.15) is 39.2 Å². The number of amides is 1. The Balaban J connectivity index is 1.85. The van der Waals surface area contributed by atoms with Crippen LogP contribution in [0, 0.1) is 12.8 Å². The molecular weight excluding hydrogens is 350 g/mol. The van der Waals surface area contributed by atoms with Crippen LogP contribution in [0.4, 0.5) is 4.79 Å². The van der Waals surface area contributed by atoms with E-state index >= 15 is 0 Å².